The SMILES string of the molecule is CC(C)NC(=O)Nc1ccc(Nc2ccc(N(C)C)cc2)cc1. The van der Waals surface area contributed by atoms with Crippen molar-refractivity contribution < 1.29 is 4.79 Å². The number of urea groups is 1. The van der Waals surface area contributed by atoms with Crippen LogP contribution in [0.15, 0.2) is 48.5 Å². The summed E-state index contributed by atoms with van der Waals surface area (Å²) in [5.41, 5.74) is 3.91. The first-order valence-corrected chi connectivity index (χ1v) is 7.66. The van der Waals surface area contributed by atoms with Crippen molar-refractivity contribution in [2.24, 2.45) is 0 Å². The lowest BCUT2D eigenvalue weighted by Gasteiger charge is -2.14. The molecular formula is C18H24N4O. The van der Waals surface area contributed by atoms with Gasteiger partial charge in [-0.15, -0.1) is 0 Å². The molecule has 0 saturated heterocycles. The summed E-state index contributed by atoms with van der Waals surface area (Å²) in [5, 5.41) is 8.93. The summed E-state index contributed by atoms with van der Waals surface area (Å²) in [4.78, 5) is 13.7. The number of carbonyl (C=O) groups is 1. The maximum absolute atomic E-state index is 11.6. The zero-order valence-electron chi connectivity index (χ0n) is 14.1. The number of anilines is 4. The van der Waals surface area contributed by atoms with E-state index in [2.05, 4.69) is 33.0 Å². The van der Waals surface area contributed by atoms with Gasteiger partial charge in [-0.3, -0.25) is 0 Å². The van der Waals surface area contributed by atoms with Crippen LogP contribution in [0.5, 0.6) is 0 Å². The summed E-state index contributed by atoms with van der Waals surface area (Å²) in [6, 6.07) is 15.7. The molecule has 2 amide bonds. The van der Waals surface area contributed by atoms with Gasteiger partial charge < -0.3 is 20.9 Å². The van der Waals surface area contributed by atoms with Crippen molar-refractivity contribution in [1.82, 2.24) is 5.32 Å². The van der Waals surface area contributed by atoms with Crippen LogP contribution in [0.25, 0.3) is 0 Å². The molecule has 5 nitrogen and oxygen atoms in total. The molecule has 0 fully saturated rings. The molecule has 0 spiro atoms. The van der Waals surface area contributed by atoms with Gasteiger partial charge in [-0.2, -0.15) is 0 Å². The van der Waals surface area contributed by atoms with E-state index in [4.69, 9.17) is 0 Å². The average molecular weight is 312 g/mol. The third kappa shape index (κ3) is 5.21. The number of hydrogen-bond acceptors (Lipinski definition) is 3. The Morgan fingerprint density at radius 1 is 0.870 bits per heavy atom. The van der Waals surface area contributed by atoms with E-state index in [9.17, 15) is 4.79 Å². The quantitative estimate of drug-likeness (QED) is 0.781. The Balaban J connectivity index is 1.95. The Morgan fingerprint density at radius 3 is 1.83 bits per heavy atom. The maximum atomic E-state index is 11.6. The molecular weight excluding hydrogens is 288 g/mol. The first-order chi connectivity index (χ1) is 10.9. The average Bonchev–Trinajstić information content (AvgIpc) is 2.49. The Kier molecular flexibility index (Phi) is 5.46. The smallest absolute Gasteiger partial charge is 0.319 e. The molecule has 0 radical (unpaired) electrons. The lowest BCUT2D eigenvalue weighted by molar-refractivity contribution is 0.250. The second kappa shape index (κ2) is 7.54. The summed E-state index contributed by atoms with van der Waals surface area (Å²) in [6.45, 7) is 3.85. The number of nitrogens with zero attached hydrogens (tertiary/aromatic N) is 1. The lowest BCUT2D eigenvalue weighted by atomic mass is 10.2. The Hall–Kier alpha value is -2.69. The summed E-state index contributed by atoms with van der Waals surface area (Å²) >= 11 is 0. The zero-order valence-corrected chi connectivity index (χ0v) is 14.1. The van der Waals surface area contributed by atoms with Crippen molar-refractivity contribution in [3.63, 3.8) is 0 Å². The zero-order chi connectivity index (χ0) is 16.8. The molecule has 2 aromatic carbocycles. The number of hydrogen-bond donors (Lipinski definition) is 3. The highest BCUT2D eigenvalue weighted by Gasteiger charge is 2.03. The molecule has 0 aliphatic heterocycles. The third-order valence-electron chi connectivity index (χ3n) is 3.23. The number of rotatable bonds is 5. The largest absolute Gasteiger partial charge is 0.378 e. The fourth-order valence-electron chi connectivity index (χ4n) is 2.08. The molecule has 0 aliphatic rings. The monoisotopic (exact) mass is 312 g/mol. The minimum atomic E-state index is -0.194. The van der Waals surface area contributed by atoms with Crippen LogP contribution in [0.4, 0.5) is 27.5 Å². The van der Waals surface area contributed by atoms with E-state index in [1.165, 1.54) is 0 Å². The number of amides is 2. The second-order valence-corrected chi connectivity index (χ2v) is 5.90. The highest BCUT2D eigenvalue weighted by Crippen LogP contribution is 2.21. The van der Waals surface area contributed by atoms with Gasteiger partial charge in [0.2, 0.25) is 0 Å². The molecule has 0 aliphatic carbocycles. The predicted octanol–water partition coefficient (Wildman–Crippen LogP) is 4.03. The van der Waals surface area contributed by atoms with E-state index in [1.807, 2.05) is 64.3 Å². The van der Waals surface area contributed by atoms with E-state index in [1.54, 1.807) is 0 Å². The van der Waals surface area contributed by atoms with Crippen LogP contribution in [-0.2, 0) is 0 Å². The van der Waals surface area contributed by atoms with Crippen LogP contribution < -0.4 is 20.9 Å². The molecule has 2 aromatic rings. The molecule has 0 aromatic heterocycles. The minimum absolute atomic E-state index is 0.112. The van der Waals surface area contributed by atoms with Crippen LogP contribution >= 0.6 is 0 Å². The fourth-order valence-corrected chi connectivity index (χ4v) is 2.08. The summed E-state index contributed by atoms with van der Waals surface area (Å²) in [7, 11) is 4.03. The Morgan fingerprint density at radius 2 is 1.35 bits per heavy atom. The van der Waals surface area contributed by atoms with Crippen molar-refractivity contribution in [3.05, 3.63) is 48.5 Å². The summed E-state index contributed by atoms with van der Waals surface area (Å²) < 4.78 is 0. The van der Waals surface area contributed by atoms with Crippen LogP contribution in [-0.4, -0.2) is 26.2 Å². The van der Waals surface area contributed by atoms with E-state index in [-0.39, 0.29) is 12.1 Å². The van der Waals surface area contributed by atoms with Crippen LogP contribution in [0.3, 0.4) is 0 Å². The molecule has 0 atom stereocenters. The molecule has 5 heteroatoms. The Bertz CT molecular complexity index is 633. The number of carbonyl (C=O) groups excluding carboxylic acids is 1. The van der Waals surface area contributed by atoms with E-state index in [0.717, 1.165) is 22.7 Å². The predicted molar refractivity (Wildman–Crippen MR) is 97.8 cm³/mol. The normalized spacial score (nSPS) is 10.3. The topological polar surface area (TPSA) is 56.4 Å². The van der Waals surface area contributed by atoms with Crippen LogP contribution in [0.1, 0.15) is 13.8 Å². The molecule has 3 N–H and O–H groups in total. The first kappa shape index (κ1) is 16.7. The molecule has 0 unspecified atom stereocenters. The molecule has 0 heterocycles. The van der Waals surface area contributed by atoms with Crippen LogP contribution in [0.2, 0.25) is 0 Å². The van der Waals surface area contributed by atoms with Gasteiger partial charge in [0.05, 0.1) is 0 Å². The molecule has 122 valence electrons. The van der Waals surface area contributed by atoms with Gasteiger partial charge in [0.25, 0.3) is 0 Å². The molecule has 23 heavy (non-hydrogen) atoms. The van der Waals surface area contributed by atoms with Crippen LogP contribution in [0, 0.1) is 0 Å². The first-order valence-electron chi connectivity index (χ1n) is 7.66. The van der Waals surface area contributed by atoms with Gasteiger partial charge in [0.1, 0.15) is 0 Å². The van der Waals surface area contributed by atoms with E-state index in [0.29, 0.717) is 0 Å². The standard InChI is InChI=1S/C18H24N4O/c1-13(2)19-18(23)21-16-7-5-14(6-8-16)20-15-9-11-17(12-10-15)22(3)4/h5-13,20H,1-4H3,(H2,19,21,23). The van der Waals surface area contributed by atoms with Gasteiger partial charge in [0, 0.05) is 42.9 Å². The molecule has 2 rings (SSSR count). The molecule has 0 bridgehead atoms. The highest BCUT2D eigenvalue weighted by atomic mass is 16.2. The van der Waals surface area contributed by atoms with Crippen molar-refractivity contribution in [3.8, 4) is 0 Å². The maximum Gasteiger partial charge on any atom is 0.319 e. The van der Waals surface area contributed by atoms with E-state index >= 15 is 0 Å². The van der Waals surface area contributed by atoms with Gasteiger partial charge in [-0.05, 0) is 62.4 Å². The third-order valence-corrected chi connectivity index (χ3v) is 3.23. The van der Waals surface area contributed by atoms with Crippen molar-refractivity contribution in [2.75, 3.05) is 29.6 Å². The van der Waals surface area contributed by atoms with E-state index < -0.39 is 0 Å². The number of benzene rings is 2. The molecule has 0 saturated carbocycles. The lowest BCUT2D eigenvalue weighted by Crippen LogP contribution is -2.34. The Labute approximate surface area is 137 Å². The van der Waals surface area contributed by atoms with Gasteiger partial charge in [-0.25, -0.2) is 4.79 Å². The second-order valence-electron chi connectivity index (χ2n) is 5.90. The minimum Gasteiger partial charge on any atom is -0.378 e. The number of nitrogens with one attached hydrogen (secondary N) is 3. The van der Waals surface area contributed by atoms with Crippen molar-refractivity contribution >= 4 is 28.8 Å². The van der Waals surface area contributed by atoms with Gasteiger partial charge in [0.15, 0.2) is 0 Å². The fraction of sp³-hybridized carbons (Fsp3) is 0.278. The van der Waals surface area contributed by atoms with Gasteiger partial charge >= 0.3 is 6.03 Å². The van der Waals surface area contributed by atoms with Crippen molar-refractivity contribution in [1.29, 1.82) is 0 Å². The highest BCUT2D eigenvalue weighted by molar-refractivity contribution is 5.89. The summed E-state index contributed by atoms with van der Waals surface area (Å²) in [6.07, 6.45) is 0. The van der Waals surface area contributed by atoms with Gasteiger partial charge in [-0.1, -0.05) is 0 Å². The summed E-state index contributed by atoms with van der Waals surface area (Å²) in [5.74, 6) is 0. The van der Waals surface area contributed by atoms with Crippen molar-refractivity contribution in [2.45, 2.75) is 19.9 Å².